The minimum absolute atomic E-state index is 0.468. The Labute approximate surface area is 360 Å². The lowest BCUT2D eigenvalue weighted by atomic mass is 9.48. The van der Waals surface area contributed by atoms with Crippen LogP contribution in [0.15, 0.2) is 0 Å². The van der Waals surface area contributed by atoms with E-state index >= 15 is 0 Å². The lowest BCUT2D eigenvalue weighted by molar-refractivity contribution is -0.123. The van der Waals surface area contributed by atoms with Crippen molar-refractivity contribution in [2.75, 3.05) is 0 Å². The molecule has 0 N–H and O–H groups in total. The van der Waals surface area contributed by atoms with Gasteiger partial charge in [-0.15, -0.1) is 0 Å². The van der Waals surface area contributed by atoms with Crippen LogP contribution in [0.5, 0.6) is 0 Å². The summed E-state index contributed by atoms with van der Waals surface area (Å²) in [6.07, 6.45) is 51.9. The summed E-state index contributed by atoms with van der Waals surface area (Å²) in [5.41, 5.74) is 0.658. The van der Waals surface area contributed by atoms with Gasteiger partial charge in [0.2, 0.25) is 0 Å². The van der Waals surface area contributed by atoms with Crippen LogP contribution in [-0.2, 0) is 14.2 Å². The maximum Gasteiger partial charge on any atom is 0.0766 e. The van der Waals surface area contributed by atoms with Gasteiger partial charge in [-0.05, 0) is 199 Å². The molecule has 4 heteroatoms. The molecule has 0 aromatic rings. The van der Waals surface area contributed by atoms with Crippen LogP contribution in [0.3, 0.4) is 0 Å². The predicted octanol–water partition coefficient (Wildman–Crippen LogP) is 13.1. The minimum Gasteiger partial charge on any atom is -0.374 e. The molecule has 10 saturated carbocycles. The molecule has 19 unspecified atom stereocenters. The van der Waals surface area contributed by atoms with Crippen molar-refractivity contribution in [3.63, 3.8) is 0 Å². The SMILES string of the molecule is C1CCC(C2(C3CCCCC3)C3CCCCC3C3CCC(N(C4CCC5C(C4)OC4CCCCC45)C4CCCC5C6CCC7OC8CCCCC8C7C6OC54)CC32)CC1. The van der Waals surface area contributed by atoms with Gasteiger partial charge in [-0.25, -0.2) is 0 Å². The molecule has 13 rings (SSSR count). The zero-order chi connectivity index (χ0) is 38.7. The van der Waals surface area contributed by atoms with E-state index in [0.29, 0.717) is 60.0 Å². The average Bonchev–Trinajstić information content (AvgIpc) is 4.05. The normalized spacial score (nSPS) is 53.3. The van der Waals surface area contributed by atoms with Crippen LogP contribution in [-0.4, -0.2) is 59.6 Å². The molecule has 3 heterocycles. The first-order valence-corrected chi connectivity index (χ1v) is 28.0. The third-order valence-corrected chi connectivity index (χ3v) is 23.2. The van der Waals surface area contributed by atoms with E-state index in [-0.39, 0.29) is 0 Å². The molecule has 3 aliphatic heterocycles. The van der Waals surface area contributed by atoms with Gasteiger partial charge < -0.3 is 14.2 Å². The Hall–Kier alpha value is -0.160. The van der Waals surface area contributed by atoms with Crippen molar-refractivity contribution < 1.29 is 14.2 Å². The fourth-order valence-electron chi connectivity index (χ4n) is 21.6. The molecular weight excluding hydrogens is 723 g/mol. The van der Waals surface area contributed by atoms with Gasteiger partial charge in [0, 0.05) is 24.0 Å². The van der Waals surface area contributed by atoms with Gasteiger partial charge in [0.1, 0.15) is 0 Å². The number of hydrogen-bond donors (Lipinski definition) is 0. The summed E-state index contributed by atoms with van der Waals surface area (Å²) in [5.74, 6) is 11.0. The fourth-order valence-corrected chi connectivity index (χ4v) is 21.6. The second-order valence-electron chi connectivity index (χ2n) is 24.9. The molecule has 13 fully saturated rings. The number of nitrogens with zero attached hydrogens (tertiary/aromatic N) is 1. The highest BCUT2D eigenvalue weighted by Crippen LogP contribution is 2.72. The number of fused-ring (bicyclic) bond motifs is 13. The molecule has 19 atom stereocenters. The van der Waals surface area contributed by atoms with E-state index in [1.165, 1.54) is 154 Å². The Morgan fingerprint density at radius 1 is 0.322 bits per heavy atom. The second-order valence-corrected chi connectivity index (χ2v) is 24.9. The number of ether oxygens (including phenoxy) is 3. The lowest BCUT2D eigenvalue weighted by Crippen LogP contribution is -2.60. The molecular formula is C55H87NO3. The maximum absolute atomic E-state index is 7.91. The van der Waals surface area contributed by atoms with Gasteiger partial charge in [0.25, 0.3) is 0 Å². The van der Waals surface area contributed by atoms with Crippen LogP contribution in [0.4, 0.5) is 0 Å². The van der Waals surface area contributed by atoms with Crippen molar-refractivity contribution in [3.05, 3.63) is 0 Å². The largest absolute Gasteiger partial charge is 0.374 e. The predicted molar refractivity (Wildman–Crippen MR) is 236 cm³/mol. The van der Waals surface area contributed by atoms with Crippen LogP contribution in [0.1, 0.15) is 212 Å². The standard InChI is InChI=1S/C55H87NO3/c1-3-14-34(15-4-1)55(35-16-5-2-6-17-35)45-22-10-7-18-38(45)39-28-26-36(32-46(39)55)56(37-27-29-41-40-19-8-11-24-48(40)58-51(41)33-37)47-23-13-21-42-43-30-31-50-52(54(43)59-53(42)47)44-20-9-12-25-49(44)57-50/h34-54H,1-33H2. The van der Waals surface area contributed by atoms with Crippen molar-refractivity contribution in [1.82, 2.24) is 4.90 Å². The van der Waals surface area contributed by atoms with E-state index in [0.717, 1.165) is 71.1 Å². The number of rotatable bonds is 5. The first-order valence-electron chi connectivity index (χ1n) is 28.0. The van der Waals surface area contributed by atoms with Crippen molar-refractivity contribution in [1.29, 1.82) is 0 Å². The molecule has 0 aromatic heterocycles. The van der Waals surface area contributed by atoms with Gasteiger partial charge >= 0.3 is 0 Å². The molecule has 0 radical (unpaired) electrons. The quantitative estimate of drug-likeness (QED) is 0.277. The second kappa shape index (κ2) is 16.1. The average molecular weight is 810 g/mol. The van der Waals surface area contributed by atoms with E-state index in [9.17, 15) is 0 Å². The topological polar surface area (TPSA) is 30.9 Å². The first-order chi connectivity index (χ1) is 29.3. The molecule has 4 nitrogen and oxygen atoms in total. The fraction of sp³-hybridized carbons (Fsp3) is 1.00. The molecule has 330 valence electrons. The number of hydrogen-bond acceptors (Lipinski definition) is 4. The molecule has 0 bridgehead atoms. The van der Waals surface area contributed by atoms with Gasteiger partial charge in [0.15, 0.2) is 0 Å². The Bertz CT molecular complexity index is 1450. The van der Waals surface area contributed by atoms with Crippen molar-refractivity contribution in [2.45, 2.75) is 267 Å². The molecule has 0 spiro atoms. The van der Waals surface area contributed by atoms with Gasteiger partial charge in [-0.3, -0.25) is 4.90 Å². The van der Waals surface area contributed by atoms with Crippen molar-refractivity contribution in [2.24, 2.45) is 76.4 Å². The van der Waals surface area contributed by atoms with Crippen LogP contribution in [0.25, 0.3) is 0 Å². The smallest absolute Gasteiger partial charge is 0.0766 e. The molecule has 59 heavy (non-hydrogen) atoms. The van der Waals surface area contributed by atoms with Crippen LogP contribution >= 0.6 is 0 Å². The van der Waals surface area contributed by atoms with Crippen molar-refractivity contribution in [3.8, 4) is 0 Å². The minimum atomic E-state index is 0.468. The zero-order valence-electron chi connectivity index (χ0n) is 37.6. The zero-order valence-corrected chi connectivity index (χ0v) is 37.6. The van der Waals surface area contributed by atoms with E-state index in [1.54, 1.807) is 57.8 Å². The van der Waals surface area contributed by atoms with E-state index in [4.69, 9.17) is 14.2 Å². The highest BCUT2D eigenvalue weighted by atomic mass is 16.5. The molecule has 3 saturated heterocycles. The summed E-state index contributed by atoms with van der Waals surface area (Å²) in [7, 11) is 0. The molecule has 10 aliphatic carbocycles. The highest BCUT2D eigenvalue weighted by Gasteiger charge is 2.67. The van der Waals surface area contributed by atoms with Gasteiger partial charge in [0.05, 0.1) is 36.6 Å². The van der Waals surface area contributed by atoms with Crippen LogP contribution in [0, 0.1) is 76.4 Å². The Balaban J connectivity index is 0.858. The van der Waals surface area contributed by atoms with Crippen LogP contribution in [0.2, 0.25) is 0 Å². The Kier molecular flexibility index (Phi) is 10.7. The molecule has 0 aromatic carbocycles. The summed E-state index contributed by atoms with van der Waals surface area (Å²) in [5, 5.41) is 0. The maximum atomic E-state index is 7.91. The highest BCUT2D eigenvalue weighted by molar-refractivity contribution is 5.16. The summed E-state index contributed by atoms with van der Waals surface area (Å²) in [4.78, 5) is 3.42. The van der Waals surface area contributed by atoms with E-state index < -0.39 is 0 Å². The summed E-state index contributed by atoms with van der Waals surface area (Å²) >= 11 is 0. The molecule has 13 aliphatic rings. The summed E-state index contributed by atoms with van der Waals surface area (Å²) in [6.45, 7) is 0. The lowest BCUT2D eigenvalue weighted by Gasteiger charge is -2.58. The monoisotopic (exact) mass is 810 g/mol. The van der Waals surface area contributed by atoms with E-state index in [2.05, 4.69) is 4.90 Å². The first kappa shape index (κ1) is 39.2. The van der Waals surface area contributed by atoms with Crippen molar-refractivity contribution >= 4 is 0 Å². The third-order valence-electron chi connectivity index (χ3n) is 23.2. The van der Waals surface area contributed by atoms with Gasteiger partial charge in [-0.1, -0.05) is 83.5 Å². The summed E-state index contributed by atoms with van der Waals surface area (Å²) < 4.78 is 22.1. The Morgan fingerprint density at radius 2 is 0.864 bits per heavy atom. The van der Waals surface area contributed by atoms with E-state index in [1.807, 2.05) is 0 Å². The molecule has 0 amide bonds. The van der Waals surface area contributed by atoms with Gasteiger partial charge in [-0.2, -0.15) is 0 Å². The van der Waals surface area contributed by atoms with Crippen LogP contribution < -0.4 is 0 Å². The Morgan fingerprint density at radius 3 is 1.64 bits per heavy atom. The third kappa shape index (κ3) is 6.25. The summed E-state index contributed by atoms with van der Waals surface area (Å²) in [6, 6.07) is 2.12.